The van der Waals surface area contributed by atoms with E-state index in [2.05, 4.69) is 151 Å². The Morgan fingerprint density at radius 3 is 2.32 bits per heavy atom. The highest BCUT2D eigenvalue weighted by Crippen LogP contribution is 2.41. The number of rotatable bonds is 16. The summed E-state index contributed by atoms with van der Waals surface area (Å²) < 4.78 is 25.6. The number of hydrogen-bond acceptors (Lipinski definition) is 7. The number of benzene rings is 1. The molecule has 57 heavy (non-hydrogen) atoms. The van der Waals surface area contributed by atoms with Gasteiger partial charge in [0.15, 0.2) is 14.5 Å². The van der Waals surface area contributed by atoms with Gasteiger partial charge in [-0.25, -0.2) is 9.36 Å². The zero-order valence-corrected chi connectivity index (χ0v) is 40.0. The zero-order chi connectivity index (χ0) is 41.9. The Balaban J connectivity index is 1.38. The summed E-state index contributed by atoms with van der Waals surface area (Å²) in [4.78, 5) is 2.32. The minimum absolute atomic E-state index is 0.0807. The van der Waals surface area contributed by atoms with E-state index < -0.39 is 16.4 Å². The SMILES string of the molecule is CCc1cc(CN(C)CC(C)Oc2c(-c3ccc4c(c3)c(C#C[Si](C(C)C)(C(C)C)C(C)C)nn4C3CCCCO3)cnn2C)n(CCO[Si](C)(C)C(C)(C)C)n1. The first-order chi connectivity index (χ1) is 26.8. The molecule has 1 saturated heterocycles. The first-order valence-corrected chi connectivity index (χ1v) is 26.7. The van der Waals surface area contributed by atoms with Crippen LogP contribution in [-0.2, 0) is 35.7 Å². The van der Waals surface area contributed by atoms with E-state index in [1.54, 1.807) is 0 Å². The lowest BCUT2D eigenvalue weighted by Crippen LogP contribution is -2.43. The number of aromatic nitrogens is 6. The van der Waals surface area contributed by atoms with Gasteiger partial charge in [0.1, 0.15) is 19.9 Å². The maximum atomic E-state index is 6.74. The Bertz CT molecular complexity index is 1980. The number of likely N-dealkylation sites (N-methyl/N-ethyl adjacent to an activating group) is 1. The lowest BCUT2D eigenvalue weighted by Gasteiger charge is -2.38. The molecule has 1 aliphatic rings. The standard InChI is InChI=1S/C45H73N7O3Si2/c1-16-37-28-38(51(47-37)23-25-54-56(14,15)45(9,10)11)31-49(12)30-35(8)55-44-40(29-46-50(44)13)36-20-21-42-39(27-36)41(48-52(42)43-19-17-18-24-53-43)22-26-57(32(2)3,33(4)5)34(6)7/h20-21,27-29,32-35,43H,16-19,23-25,30-31H2,1-15H3. The van der Waals surface area contributed by atoms with Crippen molar-refractivity contribution in [2.75, 3.05) is 26.8 Å². The number of fused-ring (bicyclic) bond motifs is 1. The molecule has 2 atom stereocenters. The van der Waals surface area contributed by atoms with Gasteiger partial charge in [0.2, 0.25) is 5.88 Å². The third-order valence-electron chi connectivity index (χ3n) is 12.8. The largest absolute Gasteiger partial charge is 0.473 e. The van der Waals surface area contributed by atoms with Gasteiger partial charge in [0.05, 0.1) is 41.8 Å². The molecule has 1 fully saturated rings. The molecule has 4 heterocycles. The molecule has 3 aromatic heterocycles. The fourth-order valence-corrected chi connectivity index (χ4v) is 14.8. The van der Waals surface area contributed by atoms with Gasteiger partial charge in [0.25, 0.3) is 0 Å². The van der Waals surface area contributed by atoms with Crippen molar-refractivity contribution in [2.45, 2.75) is 162 Å². The van der Waals surface area contributed by atoms with Crippen LogP contribution < -0.4 is 4.74 Å². The van der Waals surface area contributed by atoms with E-state index in [0.29, 0.717) is 23.2 Å². The van der Waals surface area contributed by atoms with Crippen molar-refractivity contribution in [3.05, 3.63) is 47.5 Å². The summed E-state index contributed by atoms with van der Waals surface area (Å²) in [6.45, 7) is 33.6. The lowest BCUT2D eigenvalue weighted by atomic mass is 10.1. The smallest absolute Gasteiger partial charge is 0.219 e. The van der Waals surface area contributed by atoms with Crippen LogP contribution in [0, 0.1) is 11.5 Å². The highest BCUT2D eigenvalue weighted by Gasteiger charge is 2.42. The molecule has 314 valence electrons. The third-order valence-corrected chi connectivity index (χ3v) is 23.6. The van der Waals surface area contributed by atoms with Crippen LogP contribution in [0.3, 0.4) is 0 Å². The van der Waals surface area contributed by atoms with E-state index in [9.17, 15) is 0 Å². The molecule has 0 amide bonds. The van der Waals surface area contributed by atoms with Gasteiger partial charge in [-0.15, -0.1) is 5.54 Å². The molecular weight excluding hydrogens is 743 g/mol. The summed E-state index contributed by atoms with van der Waals surface area (Å²) in [6.07, 6.45) is 5.82. The van der Waals surface area contributed by atoms with E-state index in [0.717, 1.165) is 91.2 Å². The molecule has 10 nitrogen and oxygen atoms in total. The molecule has 2 unspecified atom stereocenters. The minimum Gasteiger partial charge on any atom is -0.473 e. The summed E-state index contributed by atoms with van der Waals surface area (Å²) in [5.41, 5.74) is 11.7. The Hall–Kier alpha value is -3.22. The number of nitrogens with zero attached hydrogens (tertiary/aromatic N) is 7. The fraction of sp³-hybridized carbons (Fsp3) is 0.667. The zero-order valence-electron chi connectivity index (χ0n) is 38.0. The summed E-state index contributed by atoms with van der Waals surface area (Å²) >= 11 is 0. The van der Waals surface area contributed by atoms with Gasteiger partial charge < -0.3 is 13.9 Å². The average Bonchev–Trinajstić information content (AvgIpc) is 3.82. The van der Waals surface area contributed by atoms with Gasteiger partial charge in [-0.3, -0.25) is 9.58 Å². The molecule has 0 spiro atoms. The highest BCUT2D eigenvalue weighted by atomic mass is 28.4. The molecule has 4 aromatic rings. The lowest BCUT2D eigenvalue weighted by molar-refractivity contribution is -0.0367. The molecule has 1 aromatic carbocycles. The van der Waals surface area contributed by atoms with Gasteiger partial charge in [0, 0.05) is 32.1 Å². The molecule has 0 N–H and O–H groups in total. The Morgan fingerprint density at radius 2 is 1.70 bits per heavy atom. The van der Waals surface area contributed by atoms with Crippen LogP contribution in [0.2, 0.25) is 34.8 Å². The van der Waals surface area contributed by atoms with Crippen LogP contribution in [0.25, 0.3) is 22.0 Å². The molecule has 0 saturated carbocycles. The van der Waals surface area contributed by atoms with E-state index in [-0.39, 0.29) is 17.4 Å². The van der Waals surface area contributed by atoms with Crippen LogP contribution >= 0.6 is 0 Å². The average molecular weight is 816 g/mol. The van der Waals surface area contributed by atoms with Crippen LogP contribution in [0.5, 0.6) is 5.88 Å². The van der Waals surface area contributed by atoms with E-state index in [4.69, 9.17) is 24.1 Å². The minimum atomic E-state index is -1.98. The van der Waals surface area contributed by atoms with Crippen molar-refractivity contribution >= 4 is 27.3 Å². The van der Waals surface area contributed by atoms with E-state index in [1.165, 1.54) is 5.69 Å². The molecule has 0 radical (unpaired) electrons. The predicted molar refractivity (Wildman–Crippen MR) is 240 cm³/mol. The van der Waals surface area contributed by atoms with E-state index >= 15 is 0 Å². The van der Waals surface area contributed by atoms with Crippen molar-refractivity contribution in [3.63, 3.8) is 0 Å². The first-order valence-electron chi connectivity index (χ1n) is 21.5. The second-order valence-corrected chi connectivity index (χ2v) is 29.3. The van der Waals surface area contributed by atoms with Crippen LogP contribution in [0.4, 0.5) is 0 Å². The first kappa shape index (κ1) is 44.9. The number of aryl methyl sites for hydroxylation is 2. The number of hydrogen-bond donors (Lipinski definition) is 0. The molecule has 0 aliphatic carbocycles. The van der Waals surface area contributed by atoms with Crippen LogP contribution in [0.15, 0.2) is 30.5 Å². The summed E-state index contributed by atoms with van der Waals surface area (Å²) in [6, 6.07) is 8.81. The van der Waals surface area contributed by atoms with Crippen LogP contribution in [-0.4, -0.2) is 83.5 Å². The number of ether oxygens (including phenoxy) is 2. The summed E-state index contributed by atoms with van der Waals surface area (Å²) in [7, 11) is 0.293. The molecule has 5 rings (SSSR count). The molecular formula is C45H73N7O3Si2. The quantitative estimate of drug-likeness (QED) is 0.0823. The predicted octanol–water partition coefficient (Wildman–Crippen LogP) is 10.4. The Kier molecular flexibility index (Phi) is 14.5. The van der Waals surface area contributed by atoms with E-state index in [1.807, 2.05) is 17.9 Å². The second-order valence-electron chi connectivity index (χ2n) is 18.9. The normalized spacial score (nSPS) is 16.3. The maximum Gasteiger partial charge on any atom is 0.219 e. The van der Waals surface area contributed by atoms with Gasteiger partial charge in [-0.2, -0.15) is 15.3 Å². The monoisotopic (exact) mass is 816 g/mol. The van der Waals surface area contributed by atoms with Crippen molar-refractivity contribution in [1.82, 2.24) is 34.2 Å². The molecule has 1 aliphatic heterocycles. The summed E-state index contributed by atoms with van der Waals surface area (Å²) in [5, 5.41) is 16.0. The fourth-order valence-electron chi connectivity index (χ4n) is 8.52. The third kappa shape index (κ3) is 9.98. The highest BCUT2D eigenvalue weighted by molar-refractivity contribution is 6.90. The van der Waals surface area contributed by atoms with Gasteiger partial charge in [-0.05, 0) is 98.2 Å². The van der Waals surface area contributed by atoms with Crippen molar-refractivity contribution in [1.29, 1.82) is 0 Å². The van der Waals surface area contributed by atoms with Crippen molar-refractivity contribution < 1.29 is 13.9 Å². The molecule has 12 heteroatoms. The Labute approximate surface area is 346 Å². The van der Waals surface area contributed by atoms with Crippen molar-refractivity contribution in [2.24, 2.45) is 7.05 Å². The Morgan fingerprint density at radius 1 is 1.00 bits per heavy atom. The summed E-state index contributed by atoms with van der Waals surface area (Å²) in [5.74, 6) is 4.44. The molecule has 0 bridgehead atoms. The van der Waals surface area contributed by atoms with Gasteiger partial charge in [-0.1, -0.05) is 81.2 Å². The van der Waals surface area contributed by atoms with Crippen LogP contribution in [0.1, 0.15) is 119 Å². The maximum absolute atomic E-state index is 6.74. The van der Waals surface area contributed by atoms with Gasteiger partial charge >= 0.3 is 0 Å². The van der Waals surface area contributed by atoms with Crippen molar-refractivity contribution in [3.8, 4) is 28.5 Å². The second kappa shape index (κ2) is 18.4. The topological polar surface area (TPSA) is 84.4 Å².